The second-order valence-corrected chi connectivity index (χ2v) is 11.3. The van der Waals surface area contributed by atoms with Gasteiger partial charge in [0, 0.05) is 24.6 Å². The minimum atomic E-state index is -4.09. The number of carbonyl (C=O) groups excluding carboxylic acids is 1. The summed E-state index contributed by atoms with van der Waals surface area (Å²) in [4.78, 5) is 14.9. The molecule has 1 saturated heterocycles. The lowest BCUT2D eigenvalue weighted by molar-refractivity contribution is -0.116. The third kappa shape index (κ3) is 6.50. The van der Waals surface area contributed by atoms with E-state index in [2.05, 4.69) is 17.2 Å². The fourth-order valence-corrected chi connectivity index (χ4v) is 6.76. The number of nitrogens with one attached hydrogen (secondary N) is 2. The van der Waals surface area contributed by atoms with Crippen molar-refractivity contribution in [2.75, 3.05) is 19.9 Å². The van der Waals surface area contributed by atoms with Crippen molar-refractivity contribution in [2.24, 2.45) is 11.7 Å². The summed E-state index contributed by atoms with van der Waals surface area (Å²) >= 11 is 0. The van der Waals surface area contributed by atoms with E-state index >= 15 is 0 Å². The Balaban J connectivity index is 1.45. The number of benzene rings is 3. The van der Waals surface area contributed by atoms with Crippen LogP contribution >= 0.6 is 7.60 Å². The van der Waals surface area contributed by atoms with Crippen molar-refractivity contribution in [2.45, 2.75) is 18.6 Å². The van der Waals surface area contributed by atoms with Gasteiger partial charge in [0.2, 0.25) is 6.79 Å². The van der Waals surface area contributed by atoms with Crippen LogP contribution in [0.4, 0.5) is 0 Å². The van der Waals surface area contributed by atoms with Crippen LogP contribution < -0.4 is 29.6 Å². The number of fused-ring (bicyclic) bond motifs is 1. The molecule has 4 N–H and O–H groups in total. The van der Waals surface area contributed by atoms with Crippen molar-refractivity contribution in [1.82, 2.24) is 10.2 Å². The fourth-order valence-electron chi connectivity index (χ4n) is 4.57. The number of amides is 1. The molecule has 0 spiro atoms. The molecule has 1 fully saturated rings. The van der Waals surface area contributed by atoms with Crippen molar-refractivity contribution in [1.29, 1.82) is 5.41 Å². The number of carbonyl (C=O) groups is 1. The zero-order valence-corrected chi connectivity index (χ0v) is 22.5. The number of ether oxygens (including phenoxy) is 2. The number of rotatable bonds is 7. The number of guanidine groups is 1. The monoisotopic (exact) mass is 560 g/mol. The molecule has 1 amide bonds. The molecule has 206 valence electrons. The molecule has 5 rings (SSSR count). The molecule has 2 aliphatic heterocycles. The van der Waals surface area contributed by atoms with Gasteiger partial charge in [-0.25, -0.2) is 4.57 Å². The normalized spacial score (nSPS) is 15.3. The van der Waals surface area contributed by atoms with Crippen LogP contribution in [0.25, 0.3) is 0 Å². The van der Waals surface area contributed by atoms with Gasteiger partial charge in [0.1, 0.15) is 11.5 Å². The van der Waals surface area contributed by atoms with Gasteiger partial charge < -0.3 is 34.5 Å². The molecule has 3 aromatic carbocycles. The van der Waals surface area contributed by atoms with Crippen molar-refractivity contribution >= 4 is 19.5 Å². The van der Waals surface area contributed by atoms with Crippen LogP contribution in [-0.4, -0.2) is 42.4 Å². The van der Waals surface area contributed by atoms with E-state index in [9.17, 15) is 9.36 Å². The molecule has 0 bridgehead atoms. The molecule has 0 aromatic heterocycles. The van der Waals surface area contributed by atoms with Crippen LogP contribution in [-0.2, 0) is 9.36 Å². The maximum atomic E-state index is 14.7. The van der Waals surface area contributed by atoms with Crippen LogP contribution in [0.2, 0.25) is 0 Å². The maximum Gasteiger partial charge on any atom is 0.453 e. The minimum absolute atomic E-state index is 0.0297. The molecule has 3 aromatic rings. The van der Waals surface area contributed by atoms with E-state index in [-0.39, 0.29) is 18.7 Å². The third-order valence-corrected chi connectivity index (χ3v) is 8.75. The molecule has 1 atom stereocenters. The first-order valence-electron chi connectivity index (χ1n) is 12.8. The number of likely N-dealkylation sites (tertiary alicyclic amines) is 1. The third-order valence-electron chi connectivity index (χ3n) is 6.59. The standard InChI is InChI=1S/C29H29N4O6P/c30-29(31)33-17-15-22(16-18-33)28(32-27(34)14-12-21-11-13-25-26(19-21)37-20-36-25)40(35,38-23-7-3-1-4-8-23)39-24-9-5-2-6-10-24/h1-11,13,19,22,28H,15-18,20H2,(H3,30,31)(H,32,34). The van der Waals surface area contributed by atoms with E-state index in [1.54, 1.807) is 71.6 Å². The summed E-state index contributed by atoms with van der Waals surface area (Å²) < 4.78 is 37.5. The first-order chi connectivity index (χ1) is 19.4. The molecular weight excluding hydrogens is 531 g/mol. The molecule has 0 radical (unpaired) electrons. The van der Waals surface area contributed by atoms with Gasteiger partial charge in [-0.2, -0.15) is 0 Å². The minimum Gasteiger partial charge on any atom is -0.454 e. The van der Waals surface area contributed by atoms with E-state index in [1.165, 1.54) is 0 Å². The lowest BCUT2D eigenvalue weighted by atomic mass is 9.96. The predicted octanol–water partition coefficient (Wildman–Crippen LogP) is 4.17. The van der Waals surface area contributed by atoms with Crippen LogP contribution in [0.3, 0.4) is 0 Å². The van der Waals surface area contributed by atoms with Gasteiger partial charge in [-0.1, -0.05) is 42.3 Å². The fraction of sp³-hybridized carbons (Fsp3) is 0.241. The quantitative estimate of drug-likeness (QED) is 0.170. The lowest BCUT2D eigenvalue weighted by Crippen LogP contribution is -2.48. The van der Waals surface area contributed by atoms with E-state index in [0.717, 1.165) is 0 Å². The van der Waals surface area contributed by atoms with Crippen molar-refractivity contribution in [3.8, 4) is 34.8 Å². The van der Waals surface area contributed by atoms with Crippen LogP contribution in [0.15, 0.2) is 78.9 Å². The Hall–Kier alpha value is -4.61. The van der Waals surface area contributed by atoms with Gasteiger partial charge in [0.15, 0.2) is 23.2 Å². The number of para-hydroxylation sites is 2. The van der Waals surface area contributed by atoms with E-state index < -0.39 is 19.3 Å². The van der Waals surface area contributed by atoms with Crippen molar-refractivity contribution in [3.05, 3.63) is 84.4 Å². The van der Waals surface area contributed by atoms with Crippen LogP contribution in [0.5, 0.6) is 23.0 Å². The lowest BCUT2D eigenvalue weighted by Gasteiger charge is -2.38. The summed E-state index contributed by atoms with van der Waals surface area (Å²) in [5.74, 6) is 5.29. The smallest absolute Gasteiger partial charge is 0.453 e. The highest BCUT2D eigenvalue weighted by atomic mass is 31.2. The molecular formula is C29H29N4O6P. The number of piperidine rings is 1. The Bertz CT molecular complexity index is 1420. The summed E-state index contributed by atoms with van der Waals surface area (Å²) in [7, 11) is -4.09. The molecule has 40 heavy (non-hydrogen) atoms. The second-order valence-electron chi connectivity index (χ2n) is 9.29. The molecule has 11 heteroatoms. The van der Waals surface area contributed by atoms with Gasteiger partial charge in [-0.15, -0.1) is 0 Å². The molecule has 2 aliphatic rings. The molecule has 1 unspecified atom stereocenters. The molecule has 2 heterocycles. The molecule has 10 nitrogen and oxygen atoms in total. The zero-order valence-electron chi connectivity index (χ0n) is 21.6. The van der Waals surface area contributed by atoms with Gasteiger partial charge >= 0.3 is 7.60 Å². The largest absolute Gasteiger partial charge is 0.454 e. The summed E-state index contributed by atoms with van der Waals surface area (Å²) in [6.07, 6.45) is 1.00. The number of hydrogen-bond acceptors (Lipinski definition) is 7. The topological polar surface area (TPSA) is 136 Å². The number of nitrogens with two attached hydrogens (primary N) is 1. The Morgan fingerprint density at radius 3 is 2.17 bits per heavy atom. The Morgan fingerprint density at radius 1 is 0.975 bits per heavy atom. The predicted molar refractivity (Wildman–Crippen MR) is 149 cm³/mol. The summed E-state index contributed by atoms with van der Waals surface area (Å²) in [5.41, 5.74) is 6.25. The highest BCUT2D eigenvalue weighted by Crippen LogP contribution is 2.55. The van der Waals surface area contributed by atoms with E-state index in [1.807, 2.05) is 12.1 Å². The van der Waals surface area contributed by atoms with E-state index in [4.69, 9.17) is 29.7 Å². The number of nitrogens with zero attached hydrogens (tertiary/aromatic N) is 1. The summed E-state index contributed by atoms with van der Waals surface area (Å²) in [6.45, 7) is 1.06. The highest BCUT2D eigenvalue weighted by molar-refractivity contribution is 7.55. The van der Waals surface area contributed by atoms with Crippen LogP contribution in [0, 0.1) is 23.2 Å². The first kappa shape index (κ1) is 27.0. The van der Waals surface area contributed by atoms with Gasteiger partial charge in [-0.3, -0.25) is 10.2 Å². The van der Waals surface area contributed by atoms with Crippen molar-refractivity contribution in [3.63, 3.8) is 0 Å². The van der Waals surface area contributed by atoms with Crippen LogP contribution in [0.1, 0.15) is 18.4 Å². The highest BCUT2D eigenvalue weighted by Gasteiger charge is 2.46. The average molecular weight is 561 g/mol. The zero-order chi connectivity index (χ0) is 28.0. The van der Waals surface area contributed by atoms with Gasteiger partial charge in [0.25, 0.3) is 5.91 Å². The van der Waals surface area contributed by atoms with E-state index in [0.29, 0.717) is 54.5 Å². The summed E-state index contributed by atoms with van der Waals surface area (Å²) in [5, 5.41) is 10.6. The first-order valence-corrected chi connectivity index (χ1v) is 14.4. The molecule has 0 aliphatic carbocycles. The SMILES string of the molecule is N=C(N)N1CCC(C(NC(=O)C#Cc2ccc3c(c2)OCO3)P(=O)(Oc2ccccc2)Oc2ccccc2)CC1. The Labute approximate surface area is 232 Å². The maximum absolute atomic E-state index is 14.7. The van der Waals surface area contributed by atoms with Gasteiger partial charge in [0.05, 0.1) is 0 Å². The Kier molecular flexibility index (Phi) is 8.13. The second kappa shape index (κ2) is 12.1. The Morgan fingerprint density at radius 2 is 1.57 bits per heavy atom. The average Bonchev–Trinajstić information content (AvgIpc) is 3.44. The van der Waals surface area contributed by atoms with Crippen molar-refractivity contribution < 1.29 is 27.9 Å². The van der Waals surface area contributed by atoms with Gasteiger partial charge in [-0.05, 0) is 61.2 Å². The molecule has 0 saturated carbocycles. The summed E-state index contributed by atoms with van der Waals surface area (Å²) in [6, 6.07) is 22.5. The number of hydrogen-bond donors (Lipinski definition) is 3.